The summed E-state index contributed by atoms with van der Waals surface area (Å²) >= 11 is 0. The van der Waals surface area contributed by atoms with Crippen LogP contribution in [0.1, 0.15) is 13.3 Å². The van der Waals surface area contributed by atoms with Crippen LogP contribution in [0.4, 0.5) is 5.82 Å². The van der Waals surface area contributed by atoms with Gasteiger partial charge >= 0.3 is 0 Å². The Hall–Kier alpha value is -1.29. The summed E-state index contributed by atoms with van der Waals surface area (Å²) in [7, 11) is 3.66. The fraction of sp³-hybridized carbons (Fsp3) is 0.545. The molecule has 0 fully saturated rings. The Kier molecular flexibility index (Phi) is 4.37. The van der Waals surface area contributed by atoms with Gasteiger partial charge in [0, 0.05) is 13.1 Å². The van der Waals surface area contributed by atoms with E-state index in [2.05, 4.69) is 16.8 Å². The Labute approximate surface area is 91.1 Å². The number of aromatic nitrogens is 1. The van der Waals surface area contributed by atoms with Crippen LogP contribution in [-0.4, -0.2) is 31.7 Å². The van der Waals surface area contributed by atoms with E-state index in [1.54, 1.807) is 13.3 Å². The average molecular weight is 209 g/mol. The third-order valence-electron chi connectivity index (χ3n) is 2.56. The second kappa shape index (κ2) is 5.56. The molecular weight excluding hydrogens is 190 g/mol. The van der Waals surface area contributed by atoms with Crippen LogP contribution in [-0.2, 0) is 0 Å². The molecular formula is C11H19N3O. The van der Waals surface area contributed by atoms with Crippen molar-refractivity contribution in [3.63, 3.8) is 0 Å². The van der Waals surface area contributed by atoms with Gasteiger partial charge in [0.25, 0.3) is 0 Å². The third-order valence-corrected chi connectivity index (χ3v) is 2.56. The predicted molar refractivity (Wildman–Crippen MR) is 62.3 cm³/mol. The highest BCUT2D eigenvalue weighted by molar-refractivity contribution is 5.40. The lowest BCUT2D eigenvalue weighted by molar-refractivity contribution is 0.413. The van der Waals surface area contributed by atoms with Crippen LogP contribution in [0.5, 0.6) is 5.75 Å². The first kappa shape index (κ1) is 11.8. The number of hydrogen-bond donors (Lipinski definition) is 1. The van der Waals surface area contributed by atoms with Crippen LogP contribution in [0.15, 0.2) is 18.3 Å². The first-order valence-electron chi connectivity index (χ1n) is 5.12. The third kappa shape index (κ3) is 3.09. The van der Waals surface area contributed by atoms with Crippen molar-refractivity contribution < 1.29 is 4.74 Å². The molecule has 1 heterocycles. The topological polar surface area (TPSA) is 51.4 Å². The van der Waals surface area contributed by atoms with Crippen LogP contribution < -0.4 is 15.4 Å². The lowest BCUT2D eigenvalue weighted by atomic mass is 10.2. The number of pyridine rings is 1. The zero-order valence-electron chi connectivity index (χ0n) is 9.60. The molecule has 0 spiro atoms. The zero-order chi connectivity index (χ0) is 11.3. The van der Waals surface area contributed by atoms with Gasteiger partial charge in [0.2, 0.25) is 0 Å². The molecule has 0 aliphatic carbocycles. The minimum Gasteiger partial charge on any atom is -0.495 e. The maximum atomic E-state index is 5.52. The lowest BCUT2D eigenvalue weighted by Gasteiger charge is -2.25. The van der Waals surface area contributed by atoms with Crippen molar-refractivity contribution in [3.8, 4) is 5.75 Å². The van der Waals surface area contributed by atoms with Crippen molar-refractivity contribution in [3.05, 3.63) is 18.3 Å². The van der Waals surface area contributed by atoms with Crippen LogP contribution in [0.3, 0.4) is 0 Å². The molecule has 0 amide bonds. The highest BCUT2D eigenvalue weighted by Crippen LogP contribution is 2.16. The summed E-state index contributed by atoms with van der Waals surface area (Å²) < 4.78 is 5.06. The summed E-state index contributed by atoms with van der Waals surface area (Å²) in [6.45, 7) is 2.83. The van der Waals surface area contributed by atoms with Gasteiger partial charge in [0.1, 0.15) is 11.6 Å². The van der Waals surface area contributed by atoms with Crippen LogP contribution in [0.25, 0.3) is 0 Å². The molecule has 1 atom stereocenters. The molecule has 15 heavy (non-hydrogen) atoms. The van der Waals surface area contributed by atoms with Crippen molar-refractivity contribution >= 4 is 5.82 Å². The SMILES string of the molecule is COc1ccc(N(C)C(C)CCN)nc1. The highest BCUT2D eigenvalue weighted by atomic mass is 16.5. The summed E-state index contributed by atoms with van der Waals surface area (Å²) in [6.07, 6.45) is 2.69. The second-order valence-electron chi connectivity index (χ2n) is 3.59. The molecule has 1 unspecified atom stereocenters. The number of anilines is 1. The number of rotatable bonds is 5. The van der Waals surface area contributed by atoms with E-state index in [-0.39, 0.29) is 0 Å². The van der Waals surface area contributed by atoms with Crippen molar-refractivity contribution in [1.29, 1.82) is 0 Å². The summed E-state index contributed by atoms with van der Waals surface area (Å²) in [5.74, 6) is 1.72. The first-order chi connectivity index (χ1) is 7.19. The van der Waals surface area contributed by atoms with E-state index in [4.69, 9.17) is 10.5 Å². The fourth-order valence-electron chi connectivity index (χ4n) is 1.36. The van der Waals surface area contributed by atoms with Crippen molar-refractivity contribution in [2.45, 2.75) is 19.4 Å². The van der Waals surface area contributed by atoms with Gasteiger partial charge in [0.05, 0.1) is 13.3 Å². The van der Waals surface area contributed by atoms with E-state index in [9.17, 15) is 0 Å². The van der Waals surface area contributed by atoms with E-state index < -0.39 is 0 Å². The predicted octanol–water partition coefficient (Wildman–Crippen LogP) is 1.26. The molecule has 84 valence electrons. The summed E-state index contributed by atoms with van der Waals surface area (Å²) in [5, 5.41) is 0. The molecule has 1 aromatic heterocycles. The van der Waals surface area contributed by atoms with Crippen LogP contribution in [0.2, 0.25) is 0 Å². The fourth-order valence-corrected chi connectivity index (χ4v) is 1.36. The average Bonchev–Trinajstić information content (AvgIpc) is 2.28. The Morgan fingerprint density at radius 2 is 2.27 bits per heavy atom. The maximum absolute atomic E-state index is 5.52. The molecule has 1 aromatic rings. The minimum atomic E-state index is 0.399. The lowest BCUT2D eigenvalue weighted by Crippen LogP contribution is -2.31. The number of methoxy groups -OCH3 is 1. The molecule has 1 rings (SSSR count). The highest BCUT2D eigenvalue weighted by Gasteiger charge is 2.09. The standard InChI is InChI=1S/C11H19N3O/c1-9(6-7-12)14(2)11-5-4-10(15-3)8-13-11/h4-5,8-9H,6-7,12H2,1-3H3. The van der Waals surface area contributed by atoms with E-state index in [0.717, 1.165) is 18.0 Å². The number of nitrogens with two attached hydrogens (primary N) is 1. The Balaban J connectivity index is 2.69. The number of hydrogen-bond acceptors (Lipinski definition) is 4. The van der Waals surface area contributed by atoms with Gasteiger partial charge < -0.3 is 15.4 Å². The second-order valence-corrected chi connectivity index (χ2v) is 3.59. The first-order valence-corrected chi connectivity index (χ1v) is 5.12. The Bertz CT molecular complexity index is 286. The van der Waals surface area contributed by atoms with Gasteiger partial charge in [-0.05, 0) is 32.0 Å². The van der Waals surface area contributed by atoms with E-state index in [1.165, 1.54) is 0 Å². The molecule has 4 nitrogen and oxygen atoms in total. The largest absolute Gasteiger partial charge is 0.495 e. The molecule has 0 saturated carbocycles. The van der Waals surface area contributed by atoms with Crippen molar-refractivity contribution in [2.75, 3.05) is 25.6 Å². The van der Waals surface area contributed by atoms with Crippen LogP contribution in [0, 0.1) is 0 Å². The molecule has 0 saturated heterocycles. The van der Waals surface area contributed by atoms with Gasteiger partial charge in [-0.25, -0.2) is 4.98 Å². The molecule has 0 bridgehead atoms. The Morgan fingerprint density at radius 3 is 2.73 bits per heavy atom. The van der Waals surface area contributed by atoms with Gasteiger partial charge in [-0.3, -0.25) is 0 Å². The van der Waals surface area contributed by atoms with Crippen molar-refractivity contribution in [1.82, 2.24) is 4.98 Å². The van der Waals surface area contributed by atoms with E-state index in [0.29, 0.717) is 12.6 Å². The quantitative estimate of drug-likeness (QED) is 0.793. The van der Waals surface area contributed by atoms with Gasteiger partial charge in [-0.2, -0.15) is 0 Å². The van der Waals surface area contributed by atoms with Crippen LogP contribution >= 0.6 is 0 Å². The zero-order valence-corrected chi connectivity index (χ0v) is 9.60. The monoisotopic (exact) mass is 209 g/mol. The molecule has 0 aliphatic rings. The molecule has 0 aliphatic heterocycles. The van der Waals surface area contributed by atoms with Gasteiger partial charge in [0.15, 0.2) is 0 Å². The summed E-state index contributed by atoms with van der Waals surface area (Å²) in [5.41, 5.74) is 5.52. The molecule has 2 N–H and O–H groups in total. The van der Waals surface area contributed by atoms with E-state index >= 15 is 0 Å². The normalized spacial score (nSPS) is 12.3. The van der Waals surface area contributed by atoms with Crippen molar-refractivity contribution in [2.24, 2.45) is 5.73 Å². The molecule has 0 aromatic carbocycles. The molecule has 0 radical (unpaired) electrons. The number of ether oxygens (including phenoxy) is 1. The maximum Gasteiger partial charge on any atom is 0.137 e. The Morgan fingerprint density at radius 1 is 1.53 bits per heavy atom. The minimum absolute atomic E-state index is 0.399. The van der Waals surface area contributed by atoms with Gasteiger partial charge in [-0.1, -0.05) is 0 Å². The number of nitrogens with zero attached hydrogens (tertiary/aromatic N) is 2. The molecule has 4 heteroatoms. The summed E-state index contributed by atoms with van der Waals surface area (Å²) in [4.78, 5) is 6.43. The van der Waals surface area contributed by atoms with Gasteiger partial charge in [-0.15, -0.1) is 0 Å². The summed E-state index contributed by atoms with van der Waals surface area (Å²) in [6, 6.07) is 4.26. The van der Waals surface area contributed by atoms with E-state index in [1.807, 2.05) is 19.2 Å². The smallest absolute Gasteiger partial charge is 0.137 e.